The van der Waals surface area contributed by atoms with Crippen LogP contribution in [0.3, 0.4) is 0 Å². The lowest BCUT2D eigenvalue weighted by Gasteiger charge is -2.26. The zero-order chi connectivity index (χ0) is 16.5. The minimum Gasteiger partial charge on any atom is -0.467 e. The van der Waals surface area contributed by atoms with E-state index in [1.165, 1.54) is 7.11 Å². The SMILES string of the molecule is COC(=O)[C@H](CC1CCNCC1)NC(=O)OCc1ccccc1.Cl. The Bertz CT molecular complexity index is 507. The Morgan fingerprint density at radius 1 is 1.25 bits per heavy atom. The van der Waals surface area contributed by atoms with Crippen molar-refractivity contribution in [3.05, 3.63) is 35.9 Å². The van der Waals surface area contributed by atoms with Crippen LogP contribution in [0.25, 0.3) is 0 Å². The molecule has 1 aliphatic heterocycles. The second kappa shape index (κ2) is 10.9. The lowest BCUT2D eigenvalue weighted by Crippen LogP contribution is -2.44. The fraction of sp³-hybridized carbons (Fsp3) is 0.529. The van der Waals surface area contributed by atoms with E-state index in [0.717, 1.165) is 31.5 Å². The van der Waals surface area contributed by atoms with Crippen molar-refractivity contribution >= 4 is 24.5 Å². The minimum atomic E-state index is -0.661. The number of benzene rings is 1. The molecule has 1 atom stereocenters. The van der Waals surface area contributed by atoms with Crippen LogP contribution in [0.4, 0.5) is 4.79 Å². The molecule has 134 valence electrons. The number of hydrogen-bond donors (Lipinski definition) is 2. The van der Waals surface area contributed by atoms with Crippen LogP contribution in [-0.4, -0.2) is 38.3 Å². The van der Waals surface area contributed by atoms with Gasteiger partial charge in [-0.3, -0.25) is 0 Å². The average Bonchev–Trinajstić information content (AvgIpc) is 2.60. The van der Waals surface area contributed by atoms with Gasteiger partial charge in [0.15, 0.2) is 0 Å². The lowest BCUT2D eigenvalue weighted by molar-refractivity contribution is -0.143. The fourth-order valence-electron chi connectivity index (χ4n) is 2.71. The molecule has 0 spiro atoms. The number of carbonyl (C=O) groups is 2. The number of halogens is 1. The van der Waals surface area contributed by atoms with Crippen LogP contribution in [0.2, 0.25) is 0 Å². The van der Waals surface area contributed by atoms with Crippen LogP contribution >= 0.6 is 12.4 Å². The summed E-state index contributed by atoms with van der Waals surface area (Å²) in [6.45, 7) is 2.06. The number of alkyl carbamates (subject to hydrolysis) is 1. The summed E-state index contributed by atoms with van der Waals surface area (Å²) in [5.41, 5.74) is 0.899. The van der Waals surface area contributed by atoms with Crippen molar-refractivity contribution in [3.8, 4) is 0 Å². The zero-order valence-electron chi connectivity index (χ0n) is 13.8. The maximum absolute atomic E-state index is 11.9. The Hall–Kier alpha value is -1.79. The molecule has 0 radical (unpaired) electrons. The smallest absolute Gasteiger partial charge is 0.408 e. The topological polar surface area (TPSA) is 76.7 Å². The first-order valence-corrected chi connectivity index (χ1v) is 7.95. The molecule has 2 rings (SSSR count). The molecule has 0 aliphatic carbocycles. The molecule has 24 heavy (non-hydrogen) atoms. The van der Waals surface area contributed by atoms with Gasteiger partial charge in [-0.25, -0.2) is 9.59 Å². The van der Waals surface area contributed by atoms with Crippen molar-refractivity contribution in [2.75, 3.05) is 20.2 Å². The largest absolute Gasteiger partial charge is 0.467 e. The Balaban J connectivity index is 0.00000288. The highest BCUT2D eigenvalue weighted by molar-refractivity contribution is 5.85. The van der Waals surface area contributed by atoms with Gasteiger partial charge in [-0.2, -0.15) is 0 Å². The monoisotopic (exact) mass is 356 g/mol. The minimum absolute atomic E-state index is 0. The molecule has 7 heteroatoms. The van der Waals surface area contributed by atoms with Crippen molar-refractivity contribution in [2.24, 2.45) is 5.92 Å². The molecule has 0 aromatic heterocycles. The molecule has 2 N–H and O–H groups in total. The number of nitrogens with one attached hydrogen (secondary N) is 2. The van der Waals surface area contributed by atoms with Crippen LogP contribution in [0.15, 0.2) is 30.3 Å². The van der Waals surface area contributed by atoms with Crippen LogP contribution in [0.1, 0.15) is 24.8 Å². The molecule has 1 aromatic carbocycles. The summed E-state index contributed by atoms with van der Waals surface area (Å²) in [7, 11) is 1.33. The highest BCUT2D eigenvalue weighted by atomic mass is 35.5. The van der Waals surface area contributed by atoms with Gasteiger partial charge in [-0.15, -0.1) is 12.4 Å². The number of rotatable bonds is 6. The summed E-state index contributed by atoms with van der Waals surface area (Å²) in [6.07, 6.45) is 1.97. The molecule has 0 unspecified atom stereocenters. The third-order valence-corrected chi connectivity index (χ3v) is 4.02. The van der Waals surface area contributed by atoms with Crippen LogP contribution in [0, 0.1) is 5.92 Å². The van der Waals surface area contributed by atoms with E-state index in [9.17, 15) is 9.59 Å². The van der Waals surface area contributed by atoms with E-state index in [2.05, 4.69) is 10.6 Å². The number of piperidine rings is 1. The maximum atomic E-state index is 11.9. The molecule has 1 saturated heterocycles. The molecule has 1 heterocycles. The summed E-state index contributed by atoms with van der Waals surface area (Å²) in [4.78, 5) is 23.8. The van der Waals surface area contributed by atoms with E-state index in [0.29, 0.717) is 12.3 Å². The molecule has 0 saturated carbocycles. The van der Waals surface area contributed by atoms with Gasteiger partial charge in [0.25, 0.3) is 0 Å². The standard InChI is InChI=1S/C17H24N2O4.ClH/c1-22-16(20)15(11-13-7-9-18-10-8-13)19-17(21)23-12-14-5-3-2-4-6-14;/h2-6,13,15,18H,7-12H2,1H3,(H,19,21);1H/t15-;/m0./s1. The van der Waals surface area contributed by atoms with Gasteiger partial charge < -0.3 is 20.1 Å². The Kier molecular flexibility index (Phi) is 9.19. The fourth-order valence-corrected chi connectivity index (χ4v) is 2.71. The Morgan fingerprint density at radius 2 is 1.92 bits per heavy atom. The predicted molar refractivity (Wildman–Crippen MR) is 93.0 cm³/mol. The predicted octanol–water partition coefficient (Wildman–Crippen LogP) is 2.27. The number of hydrogen-bond acceptors (Lipinski definition) is 5. The number of amides is 1. The molecule has 1 fully saturated rings. The maximum Gasteiger partial charge on any atom is 0.408 e. The summed E-state index contributed by atoms with van der Waals surface area (Å²) in [5, 5.41) is 5.91. The number of carbonyl (C=O) groups excluding carboxylic acids is 2. The molecule has 6 nitrogen and oxygen atoms in total. The van der Waals surface area contributed by atoms with Gasteiger partial charge in [0, 0.05) is 0 Å². The molecule has 1 aromatic rings. The summed E-state index contributed by atoms with van der Waals surface area (Å²) in [6, 6.07) is 8.75. The number of methoxy groups -OCH3 is 1. The third kappa shape index (κ3) is 6.76. The van der Waals surface area contributed by atoms with E-state index in [-0.39, 0.29) is 19.0 Å². The van der Waals surface area contributed by atoms with Crippen LogP contribution in [0.5, 0.6) is 0 Å². The van der Waals surface area contributed by atoms with Gasteiger partial charge in [-0.05, 0) is 43.8 Å². The van der Waals surface area contributed by atoms with E-state index in [4.69, 9.17) is 9.47 Å². The summed E-state index contributed by atoms with van der Waals surface area (Å²) in [5.74, 6) is -0.0324. The Labute approximate surface area is 148 Å². The van der Waals surface area contributed by atoms with Crippen molar-refractivity contribution in [1.82, 2.24) is 10.6 Å². The number of ether oxygens (including phenoxy) is 2. The first-order valence-electron chi connectivity index (χ1n) is 7.95. The third-order valence-electron chi connectivity index (χ3n) is 4.02. The first kappa shape index (κ1) is 20.3. The van der Waals surface area contributed by atoms with Crippen molar-refractivity contribution in [1.29, 1.82) is 0 Å². The molecule has 1 aliphatic rings. The van der Waals surface area contributed by atoms with Crippen LogP contribution in [-0.2, 0) is 20.9 Å². The second-order valence-corrected chi connectivity index (χ2v) is 5.71. The average molecular weight is 357 g/mol. The zero-order valence-corrected chi connectivity index (χ0v) is 14.6. The van der Waals surface area contributed by atoms with Crippen molar-refractivity contribution in [2.45, 2.75) is 31.9 Å². The second-order valence-electron chi connectivity index (χ2n) is 5.71. The summed E-state index contributed by atoms with van der Waals surface area (Å²) >= 11 is 0. The van der Waals surface area contributed by atoms with Gasteiger partial charge >= 0.3 is 12.1 Å². The van der Waals surface area contributed by atoms with E-state index in [1.54, 1.807) is 0 Å². The lowest BCUT2D eigenvalue weighted by atomic mass is 9.91. The van der Waals surface area contributed by atoms with E-state index < -0.39 is 18.1 Å². The normalized spacial score (nSPS) is 15.7. The van der Waals surface area contributed by atoms with Crippen molar-refractivity contribution < 1.29 is 19.1 Å². The van der Waals surface area contributed by atoms with Gasteiger partial charge in [-0.1, -0.05) is 30.3 Å². The Morgan fingerprint density at radius 3 is 2.54 bits per heavy atom. The van der Waals surface area contributed by atoms with Crippen molar-refractivity contribution in [3.63, 3.8) is 0 Å². The van der Waals surface area contributed by atoms with Crippen LogP contribution < -0.4 is 10.6 Å². The van der Waals surface area contributed by atoms with E-state index in [1.807, 2.05) is 30.3 Å². The molecular weight excluding hydrogens is 332 g/mol. The molecule has 0 bridgehead atoms. The molecule has 1 amide bonds. The van der Waals surface area contributed by atoms with Gasteiger partial charge in [0.1, 0.15) is 12.6 Å². The van der Waals surface area contributed by atoms with Gasteiger partial charge in [0.2, 0.25) is 0 Å². The summed E-state index contributed by atoms with van der Waals surface area (Å²) < 4.78 is 9.96. The van der Waals surface area contributed by atoms with Gasteiger partial charge in [0.05, 0.1) is 7.11 Å². The number of esters is 1. The highest BCUT2D eigenvalue weighted by Gasteiger charge is 2.26. The van der Waals surface area contributed by atoms with E-state index >= 15 is 0 Å². The highest BCUT2D eigenvalue weighted by Crippen LogP contribution is 2.18. The quantitative estimate of drug-likeness (QED) is 0.765. The molecular formula is C17H25ClN2O4. The first-order chi connectivity index (χ1) is 11.2.